The molecule has 18 heavy (non-hydrogen) atoms. The molecule has 2 nitrogen and oxygen atoms in total. The van der Waals surface area contributed by atoms with E-state index in [1.165, 1.54) is 22.9 Å². The van der Waals surface area contributed by atoms with Crippen LogP contribution in [0.25, 0.3) is 0 Å². The summed E-state index contributed by atoms with van der Waals surface area (Å²) in [6, 6.07) is 8.86. The molecule has 1 fully saturated rings. The van der Waals surface area contributed by atoms with Crippen molar-refractivity contribution < 1.29 is 4.74 Å². The number of hydrogen-bond donors (Lipinski definition) is 1. The lowest BCUT2D eigenvalue weighted by atomic mass is 9.98. The van der Waals surface area contributed by atoms with Gasteiger partial charge in [0.25, 0.3) is 0 Å². The minimum atomic E-state index is 0.344. The van der Waals surface area contributed by atoms with E-state index in [1.54, 1.807) is 0 Å². The maximum Gasteiger partial charge on any atom is 0.0755 e. The minimum Gasteiger partial charge on any atom is -0.380 e. The monoisotopic (exact) mass is 311 g/mol. The number of methoxy groups -OCH3 is 1. The molecular weight excluding hydrogens is 290 g/mol. The van der Waals surface area contributed by atoms with Gasteiger partial charge in [-0.25, -0.2) is 0 Å². The summed E-state index contributed by atoms with van der Waals surface area (Å²) in [6.07, 6.45) is 3.99. The van der Waals surface area contributed by atoms with Crippen LogP contribution in [0.15, 0.2) is 28.7 Å². The van der Waals surface area contributed by atoms with E-state index >= 15 is 0 Å². The lowest BCUT2D eigenvalue weighted by Gasteiger charge is -2.27. The van der Waals surface area contributed by atoms with Gasteiger partial charge in [-0.15, -0.1) is 0 Å². The van der Waals surface area contributed by atoms with Crippen LogP contribution >= 0.6 is 15.9 Å². The van der Waals surface area contributed by atoms with Crippen LogP contribution in [-0.2, 0) is 11.2 Å². The molecule has 1 saturated carbocycles. The number of hydrogen-bond acceptors (Lipinski definition) is 2. The first-order chi connectivity index (χ1) is 8.76. The molecule has 2 atom stereocenters. The zero-order valence-corrected chi connectivity index (χ0v) is 12.7. The first kappa shape index (κ1) is 14.0. The molecule has 3 heteroatoms. The van der Waals surface area contributed by atoms with Crippen molar-refractivity contribution >= 4 is 15.9 Å². The summed E-state index contributed by atoms with van der Waals surface area (Å²) in [5, 5.41) is 3.58. The minimum absolute atomic E-state index is 0.344. The van der Waals surface area contributed by atoms with Crippen molar-refractivity contribution in [1.82, 2.24) is 5.32 Å². The molecule has 1 N–H and O–H groups in total. The molecule has 0 spiro atoms. The van der Waals surface area contributed by atoms with Crippen LogP contribution < -0.4 is 5.32 Å². The van der Waals surface area contributed by atoms with Crippen LogP contribution in [0.1, 0.15) is 25.3 Å². The Kier molecular flexibility index (Phi) is 5.22. The first-order valence-electron chi connectivity index (χ1n) is 6.75. The molecule has 2 rings (SSSR count). The molecule has 1 aliphatic carbocycles. The van der Waals surface area contributed by atoms with Crippen molar-refractivity contribution in [2.24, 2.45) is 5.92 Å². The van der Waals surface area contributed by atoms with E-state index in [9.17, 15) is 0 Å². The third kappa shape index (κ3) is 3.56. The fourth-order valence-corrected chi connectivity index (χ4v) is 3.02. The Hall–Kier alpha value is -0.380. The zero-order valence-electron chi connectivity index (χ0n) is 11.2. The van der Waals surface area contributed by atoms with Crippen LogP contribution in [0.5, 0.6) is 0 Å². The first-order valence-corrected chi connectivity index (χ1v) is 7.55. The van der Waals surface area contributed by atoms with Gasteiger partial charge in [-0.3, -0.25) is 0 Å². The Bertz CT molecular complexity index is 379. The second-order valence-corrected chi connectivity index (χ2v) is 5.85. The number of ether oxygens (including phenoxy) is 1. The van der Waals surface area contributed by atoms with Crippen molar-refractivity contribution in [3.8, 4) is 0 Å². The third-order valence-electron chi connectivity index (χ3n) is 3.62. The van der Waals surface area contributed by atoms with E-state index in [2.05, 4.69) is 52.4 Å². The molecule has 0 amide bonds. The quantitative estimate of drug-likeness (QED) is 0.833. The van der Waals surface area contributed by atoms with E-state index in [0.29, 0.717) is 12.1 Å². The molecule has 0 bridgehead atoms. The zero-order chi connectivity index (χ0) is 13.0. The fraction of sp³-hybridized carbons (Fsp3) is 0.600. The number of halogens is 1. The van der Waals surface area contributed by atoms with Gasteiger partial charge in [0.05, 0.1) is 6.10 Å². The predicted molar refractivity (Wildman–Crippen MR) is 78.8 cm³/mol. The van der Waals surface area contributed by atoms with Gasteiger partial charge in [0.15, 0.2) is 0 Å². The molecule has 0 aromatic heterocycles. The summed E-state index contributed by atoms with van der Waals surface area (Å²) in [5.74, 6) is 0.751. The highest BCUT2D eigenvalue weighted by molar-refractivity contribution is 9.10. The molecule has 2 unspecified atom stereocenters. The van der Waals surface area contributed by atoms with Crippen molar-refractivity contribution in [3.63, 3.8) is 0 Å². The highest BCUT2D eigenvalue weighted by Gasteiger charge is 2.36. The molecular formula is C15H22BrNO. The average molecular weight is 312 g/mol. The van der Waals surface area contributed by atoms with Gasteiger partial charge in [-0.1, -0.05) is 41.1 Å². The number of benzene rings is 1. The van der Waals surface area contributed by atoms with Gasteiger partial charge < -0.3 is 10.1 Å². The van der Waals surface area contributed by atoms with Crippen LogP contribution in [-0.4, -0.2) is 25.8 Å². The van der Waals surface area contributed by atoms with Crippen molar-refractivity contribution in [1.29, 1.82) is 0 Å². The van der Waals surface area contributed by atoms with Gasteiger partial charge in [0.1, 0.15) is 0 Å². The van der Waals surface area contributed by atoms with Gasteiger partial charge in [-0.05, 0) is 43.4 Å². The molecule has 1 aliphatic rings. The Morgan fingerprint density at radius 3 is 2.67 bits per heavy atom. The van der Waals surface area contributed by atoms with Gasteiger partial charge >= 0.3 is 0 Å². The van der Waals surface area contributed by atoms with E-state index in [1.807, 2.05) is 7.11 Å². The van der Waals surface area contributed by atoms with E-state index < -0.39 is 0 Å². The van der Waals surface area contributed by atoms with Crippen LogP contribution in [0.2, 0.25) is 0 Å². The highest BCUT2D eigenvalue weighted by atomic mass is 79.9. The maximum atomic E-state index is 5.72. The Labute approximate surface area is 118 Å². The molecule has 1 aromatic rings. The van der Waals surface area contributed by atoms with E-state index in [-0.39, 0.29) is 0 Å². The lowest BCUT2D eigenvalue weighted by Crippen LogP contribution is -2.43. The molecule has 0 heterocycles. The van der Waals surface area contributed by atoms with E-state index in [0.717, 1.165) is 18.9 Å². The van der Waals surface area contributed by atoms with Crippen LogP contribution in [0.3, 0.4) is 0 Å². The predicted octanol–water partition coefficient (Wildman–Crippen LogP) is 3.39. The number of nitrogens with one attached hydrogen (secondary N) is 1. The second kappa shape index (κ2) is 6.69. The molecule has 100 valence electrons. The fourth-order valence-electron chi connectivity index (χ4n) is 2.58. The summed E-state index contributed by atoms with van der Waals surface area (Å²) < 4.78 is 6.92. The van der Waals surface area contributed by atoms with Crippen LogP contribution in [0.4, 0.5) is 0 Å². The summed E-state index contributed by atoms with van der Waals surface area (Å²) >= 11 is 3.63. The standard InChI is InChI=1S/C15H22BrNO/c1-3-17-14(15(18-2)11-8-9-11)10-12-6-4-5-7-13(12)16/h4-7,11,14-15,17H,3,8-10H2,1-2H3. The summed E-state index contributed by atoms with van der Waals surface area (Å²) in [5.41, 5.74) is 1.35. The Morgan fingerprint density at radius 2 is 2.11 bits per heavy atom. The second-order valence-electron chi connectivity index (χ2n) is 5.00. The van der Waals surface area contributed by atoms with Crippen molar-refractivity contribution in [3.05, 3.63) is 34.3 Å². The summed E-state index contributed by atoms with van der Waals surface area (Å²) in [7, 11) is 1.84. The number of rotatable bonds is 7. The average Bonchev–Trinajstić information content (AvgIpc) is 3.18. The summed E-state index contributed by atoms with van der Waals surface area (Å²) in [4.78, 5) is 0. The van der Waals surface area contributed by atoms with Gasteiger partial charge in [0.2, 0.25) is 0 Å². The molecule has 0 aliphatic heterocycles. The maximum absolute atomic E-state index is 5.72. The lowest BCUT2D eigenvalue weighted by molar-refractivity contribution is 0.0515. The van der Waals surface area contributed by atoms with Gasteiger partial charge in [-0.2, -0.15) is 0 Å². The van der Waals surface area contributed by atoms with Crippen molar-refractivity contribution in [2.45, 2.75) is 38.3 Å². The topological polar surface area (TPSA) is 21.3 Å². The van der Waals surface area contributed by atoms with Crippen molar-refractivity contribution in [2.75, 3.05) is 13.7 Å². The normalized spacial score (nSPS) is 18.6. The Morgan fingerprint density at radius 1 is 1.39 bits per heavy atom. The third-order valence-corrected chi connectivity index (χ3v) is 4.39. The largest absolute Gasteiger partial charge is 0.380 e. The Balaban J connectivity index is 2.07. The van der Waals surface area contributed by atoms with Gasteiger partial charge in [0, 0.05) is 17.6 Å². The number of likely N-dealkylation sites (N-methyl/N-ethyl adjacent to an activating group) is 1. The highest BCUT2D eigenvalue weighted by Crippen LogP contribution is 2.36. The summed E-state index contributed by atoms with van der Waals surface area (Å²) in [6.45, 7) is 3.15. The van der Waals surface area contributed by atoms with E-state index in [4.69, 9.17) is 4.74 Å². The molecule has 0 radical (unpaired) electrons. The molecule has 0 saturated heterocycles. The smallest absolute Gasteiger partial charge is 0.0755 e. The molecule has 1 aromatic carbocycles. The van der Waals surface area contributed by atoms with Crippen LogP contribution in [0, 0.1) is 5.92 Å². The SMILES string of the molecule is CCNC(Cc1ccccc1Br)C(OC)C1CC1.